The molecule has 0 saturated carbocycles. The summed E-state index contributed by atoms with van der Waals surface area (Å²) in [7, 11) is 1.62. The van der Waals surface area contributed by atoms with E-state index in [2.05, 4.69) is 19.2 Å². The molecular formula is C21H23NO5. The number of carbonyl (C=O) groups excluding carboxylic acids is 1. The zero-order valence-corrected chi connectivity index (χ0v) is 15.9. The Balaban J connectivity index is 1.80. The van der Waals surface area contributed by atoms with Crippen molar-refractivity contribution in [3.8, 4) is 17.2 Å². The maximum absolute atomic E-state index is 11.9. The highest BCUT2D eigenvalue weighted by Crippen LogP contribution is 2.54. The lowest BCUT2D eigenvalue weighted by Crippen LogP contribution is -2.40. The summed E-state index contributed by atoms with van der Waals surface area (Å²) in [6, 6.07) is 11.6. The van der Waals surface area contributed by atoms with Crippen molar-refractivity contribution in [1.82, 2.24) is 0 Å². The van der Waals surface area contributed by atoms with Crippen LogP contribution >= 0.6 is 0 Å². The molecule has 0 fully saturated rings. The van der Waals surface area contributed by atoms with Gasteiger partial charge in [0, 0.05) is 23.6 Å². The molecule has 1 N–H and O–H groups in total. The van der Waals surface area contributed by atoms with E-state index in [-0.39, 0.29) is 18.8 Å². The molecule has 6 nitrogen and oxygen atoms in total. The Morgan fingerprint density at radius 3 is 2.67 bits per heavy atom. The van der Waals surface area contributed by atoms with Gasteiger partial charge in [0.25, 0.3) is 0 Å². The second kappa shape index (κ2) is 6.37. The van der Waals surface area contributed by atoms with Crippen molar-refractivity contribution in [3.05, 3.63) is 47.5 Å². The monoisotopic (exact) mass is 369 g/mol. The molecule has 27 heavy (non-hydrogen) atoms. The molecule has 2 aliphatic heterocycles. The van der Waals surface area contributed by atoms with Crippen molar-refractivity contribution in [2.24, 2.45) is 5.41 Å². The molecule has 6 heteroatoms. The van der Waals surface area contributed by atoms with E-state index in [1.165, 1.54) is 6.92 Å². The van der Waals surface area contributed by atoms with E-state index in [1.807, 2.05) is 36.4 Å². The SMILES string of the molecule is COc1ccc2c(c1)[C@@H](OC(C)=O)C(C)(C)[C@@H](c1ccc3c(c1)OCO3)N2. The minimum Gasteiger partial charge on any atom is -0.497 e. The second-order valence-electron chi connectivity index (χ2n) is 7.45. The van der Waals surface area contributed by atoms with Gasteiger partial charge in [-0.15, -0.1) is 0 Å². The number of benzene rings is 2. The molecule has 2 aromatic rings. The van der Waals surface area contributed by atoms with Crippen LogP contribution in [0.5, 0.6) is 17.2 Å². The molecule has 0 saturated heterocycles. The first-order valence-corrected chi connectivity index (χ1v) is 8.91. The Bertz CT molecular complexity index is 892. The van der Waals surface area contributed by atoms with E-state index >= 15 is 0 Å². The smallest absolute Gasteiger partial charge is 0.303 e. The third-order valence-electron chi connectivity index (χ3n) is 5.27. The molecule has 2 aromatic carbocycles. The van der Waals surface area contributed by atoms with E-state index < -0.39 is 11.5 Å². The number of carbonyl (C=O) groups is 1. The van der Waals surface area contributed by atoms with Crippen LogP contribution in [0.3, 0.4) is 0 Å². The molecule has 2 aliphatic rings. The second-order valence-corrected chi connectivity index (χ2v) is 7.45. The summed E-state index contributed by atoms with van der Waals surface area (Å²) in [5.74, 6) is 1.89. The van der Waals surface area contributed by atoms with Gasteiger partial charge in [0.1, 0.15) is 11.9 Å². The lowest BCUT2D eigenvalue weighted by molar-refractivity contribution is -0.154. The van der Waals surface area contributed by atoms with Crippen molar-refractivity contribution < 1.29 is 23.7 Å². The molecule has 0 unspecified atom stereocenters. The molecule has 0 aliphatic carbocycles. The molecule has 142 valence electrons. The van der Waals surface area contributed by atoms with E-state index in [4.69, 9.17) is 18.9 Å². The number of hydrogen-bond donors (Lipinski definition) is 1. The van der Waals surface area contributed by atoms with E-state index in [0.29, 0.717) is 0 Å². The van der Waals surface area contributed by atoms with Gasteiger partial charge in [-0.05, 0) is 35.9 Å². The van der Waals surface area contributed by atoms with Crippen molar-refractivity contribution in [3.63, 3.8) is 0 Å². The number of ether oxygens (including phenoxy) is 4. The summed E-state index contributed by atoms with van der Waals surface area (Å²) >= 11 is 0. The highest BCUT2D eigenvalue weighted by molar-refractivity contribution is 5.68. The van der Waals surface area contributed by atoms with Crippen LogP contribution in [-0.4, -0.2) is 19.9 Å². The number of methoxy groups -OCH3 is 1. The first-order valence-electron chi connectivity index (χ1n) is 8.91. The molecule has 0 radical (unpaired) electrons. The molecule has 2 atom stereocenters. The third-order valence-corrected chi connectivity index (χ3v) is 5.27. The van der Waals surface area contributed by atoms with Crippen molar-refractivity contribution in [2.75, 3.05) is 19.2 Å². The molecule has 0 aromatic heterocycles. The van der Waals surface area contributed by atoms with Crippen LogP contribution < -0.4 is 19.5 Å². The molecular weight excluding hydrogens is 346 g/mol. The minimum absolute atomic E-state index is 0.0859. The first kappa shape index (κ1) is 17.5. The maximum atomic E-state index is 11.9. The van der Waals surface area contributed by atoms with Gasteiger partial charge < -0.3 is 24.3 Å². The number of esters is 1. The fourth-order valence-corrected chi connectivity index (χ4v) is 3.90. The Hall–Kier alpha value is -2.89. The van der Waals surface area contributed by atoms with Crippen molar-refractivity contribution in [1.29, 1.82) is 0 Å². The van der Waals surface area contributed by atoms with Gasteiger partial charge in [0.05, 0.1) is 13.2 Å². The van der Waals surface area contributed by atoms with Crippen LogP contribution in [0, 0.1) is 5.41 Å². The topological polar surface area (TPSA) is 66.0 Å². The Kier molecular flexibility index (Phi) is 4.13. The van der Waals surface area contributed by atoms with Gasteiger partial charge in [-0.1, -0.05) is 19.9 Å². The third kappa shape index (κ3) is 2.95. The molecule has 0 amide bonds. The molecule has 0 spiro atoms. The molecule has 2 heterocycles. The summed E-state index contributed by atoms with van der Waals surface area (Å²) in [6.07, 6.45) is -0.420. The average Bonchev–Trinajstić information content (AvgIpc) is 3.11. The van der Waals surface area contributed by atoms with Crippen LogP contribution in [0.25, 0.3) is 0 Å². The van der Waals surface area contributed by atoms with E-state index in [9.17, 15) is 4.79 Å². The van der Waals surface area contributed by atoms with E-state index in [0.717, 1.165) is 34.1 Å². The fraction of sp³-hybridized carbons (Fsp3) is 0.381. The Morgan fingerprint density at radius 2 is 1.93 bits per heavy atom. The molecule has 0 bridgehead atoms. The number of nitrogens with one attached hydrogen (secondary N) is 1. The first-order chi connectivity index (χ1) is 12.9. The highest BCUT2D eigenvalue weighted by atomic mass is 16.7. The number of hydrogen-bond acceptors (Lipinski definition) is 6. The van der Waals surface area contributed by atoms with Gasteiger partial charge in [-0.3, -0.25) is 4.79 Å². The fourth-order valence-electron chi connectivity index (χ4n) is 3.90. The minimum atomic E-state index is -0.420. The van der Waals surface area contributed by atoms with Crippen LogP contribution in [0.4, 0.5) is 5.69 Å². The summed E-state index contributed by atoms with van der Waals surface area (Å²) in [6.45, 7) is 5.85. The van der Waals surface area contributed by atoms with Crippen LogP contribution in [0.1, 0.15) is 44.0 Å². The van der Waals surface area contributed by atoms with Gasteiger partial charge in [-0.25, -0.2) is 0 Å². The van der Waals surface area contributed by atoms with Crippen LogP contribution in [-0.2, 0) is 9.53 Å². The summed E-state index contributed by atoms with van der Waals surface area (Å²) in [4.78, 5) is 11.9. The Morgan fingerprint density at radius 1 is 1.15 bits per heavy atom. The van der Waals surface area contributed by atoms with E-state index in [1.54, 1.807) is 7.11 Å². The summed E-state index contributed by atoms with van der Waals surface area (Å²) < 4.78 is 22.1. The van der Waals surface area contributed by atoms with Gasteiger partial charge in [-0.2, -0.15) is 0 Å². The van der Waals surface area contributed by atoms with Gasteiger partial charge in [0.15, 0.2) is 11.5 Å². The normalized spacial score (nSPS) is 21.8. The van der Waals surface area contributed by atoms with Gasteiger partial charge >= 0.3 is 5.97 Å². The number of fused-ring (bicyclic) bond motifs is 2. The van der Waals surface area contributed by atoms with Crippen molar-refractivity contribution >= 4 is 11.7 Å². The van der Waals surface area contributed by atoms with Crippen LogP contribution in [0.15, 0.2) is 36.4 Å². The molecule has 4 rings (SSSR count). The van der Waals surface area contributed by atoms with Crippen molar-refractivity contribution in [2.45, 2.75) is 32.9 Å². The zero-order chi connectivity index (χ0) is 19.2. The summed E-state index contributed by atoms with van der Waals surface area (Å²) in [5.41, 5.74) is 2.46. The number of anilines is 1. The Labute approximate surface area is 158 Å². The standard InChI is InChI=1S/C21H23NO5/c1-12(23)27-20-15-10-14(24-4)6-7-16(15)22-19(21(20,2)3)13-5-8-17-18(9-13)26-11-25-17/h5-10,19-20,22H,11H2,1-4H3/t19-,20-/m1/s1. The quantitative estimate of drug-likeness (QED) is 0.817. The average molecular weight is 369 g/mol. The maximum Gasteiger partial charge on any atom is 0.303 e. The van der Waals surface area contributed by atoms with Crippen LogP contribution in [0.2, 0.25) is 0 Å². The lowest BCUT2D eigenvalue weighted by atomic mass is 9.70. The van der Waals surface area contributed by atoms with Gasteiger partial charge in [0.2, 0.25) is 6.79 Å². The lowest BCUT2D eigenvalue weighted by Gasteiger charge is -2.46. The largest absolute Gasteiger partial charge is 0.497 e. The highest BCUT2D eigenvalue weighted by Gasteiger charge is 2.46. The zero-order valence-electron chi connectivity index (χ0n) is 15.9. The predicted molar refractivity (Wildman–Crippen MR) is 100 cm³/mol. The predicted octanol–water partition coefficient (Wildman–Crippen LogP) is 4.22. The number of rotatable bonds is 3. The summed E-state index contributed by atoms with van der Waals surface area (Å²) in [5, 5.41) is 3.61.